The summed E-state index contributed by atoms with van der Waals surface area (Å²) in [6.07, 6.45) is 8.57. The van der Waals surface area contributed by atoms with Crippen LogP contribution in [0, 0.1) is 11.3 Å². The van der Waals surface area contributed by atoms with Gasteiger partial charge in [-0.1, -0.05) is 40.0 Å². The van der Waals surface area contributed by atoms with Gasteiger partial charge in [-0.15, -0.1) is 0 Å². The highest BCUT2D eigenvalue weighted by Crippen LogP contribution is 2.37. The van der Waals surface area contributed by atoms with Crippen LogP contribution in [0.2, 0.25) is 0 Å². The Bertz CT molecular complexity index is 268. The first-order chi connectivity index (χ1) is 8.98. The summed E-state index contributed by atoms with van der Waals surface area (Å²) in [5.41, 5.74) is 0.590. The monoisotopic (exact) mass is 266 g/mol. The van der Waals surface area contributed by atoms with Crippen molar-refractivity contribution in [1.82, 2.24) is 10.2 Å². The zero-order valence-corrected chi connectivity index (χ0v) is 13.5. The fourth-order valence-electron chi connectivity index (χ4n) is 3.99. The maximum Gasteiger partial charge on any atom is 0.0198 e. The van der Waals surface area contributed by atoms with Crippen molar-refractivity contribution in [2.45, 2.75) is 78.3 Å². The molecule has 2 aliphatic rings. The molecular formula is C17H34N2. The van der Waals surface area contributed by atoms with Crippen LogP contribution in [0.25, 0.3) is 0 Å². The number of rotatable bonds is 4. The van der Waals surface area contributed by atoms with Crippen LogP contribution >= 0.6 is 0 Å². The van der Waals surface area contributed by atoms with Crippen LogP contribution < -0.4 is 5.32 Å². The minimum atomic E-state index is 0.590. The van der Waals surface area contributed by atoms with E-state index in [1.165, 1.54) is 58.2 Å². The summed E-state index contributed by atoms with van der Waals surface area (Å²) in [4.78, 5) is 2.77. The average Bonchev–Trinajstić information content (AvgIpc) is 2.33. The third-order valence-electron chi connectivity index (χ3n) is 5.18. The molecule has 1 aliphatic carbocycles. The van der Waals surface area contributed by atoms with Gasteiger partial charge in [-0.3, -0.25) is 4.90 Å². The van der Waals surface area contributed by atoms with E-state index in [1.807, 2.05) is 0 Å². The normalized spacial score (nSPS) is 32.7. The lowest BCUT2D eigenvalue weighted by atomic mass is 9.75. The second-order valence-corrected chi connectivity index (χ2v) is 7.88. The Morgan fingerprint density at radius 2 is 1.89 bits per heavy atom. The summed E-state index contributed by atoms with van der Waals surface area (Å²) in [7, 11) is 0. The molecule has 19 heavy (non-hydrogen) atoms. The highest BCUT2D eigenvalue weighted by Gasteiger charge is 2.33. The van der Waals surface area contributed by atoms with Crippen LogP contribution in [0.4, 0.5) is 0 Å². The van der Waals surface area contributed by atoms with Gasteiger partial charge in [0, 0.05) is 31.7 Å². The molecule has 2 nitrogen and oxygen atoms in total. The average molecular weight is 266 g/mol. The largest absolute Gasteiger partial charge is 0.311 e. The summed E-state index contributed by atoms with van der Waals surface area (Å²) in [5, 5.41) is 3.74. The van der Waals surface area contributed by atoms with Gasteiger partial charge in [0.1, 0.15) is 0 Å². The molecule has 2 rings (SSSR count). The summed E-state index contributed by atoms with van der Waals surface area (Å²) in [6.45, 7) is 13.4. The molecule has 2 unspecified atom stereocenters. The van der Waals surface area contributed by atoms with Gasteiger partial charge in [0.15, 0.2) is 0 Å². The first kappa shape index (κ1) is 15.3. The van der Waals surface area contributed by atoms with Crippen LogP contribution in [0.3, 0.4) is 0 Å². The summed E-state index contributed by atoms with van der Waals surface area (Å²) in [6, 6.07) is 1.42. The van der Waals surface area contributed by atoms with Crippen molar-refractivity contribution in [3.8, 4) is 0 Å². The van der Waals surface area contributed by atoms with Crippen molar-refractivity contribution >= 4 is 0 Å². The molecule has 0 aromatic rings. The van der Waals surface area contributed by atoms with Crippen molar-refractivity contribution < 1.29 is 0 Å². The Kier molecular flexibility index (Phi) is 5.30. The third kappa shape index (κ3) is 4.46. The zero-order valence-electron chi connectivity index (χ0n) is 13.5. The Labute approximate surface area is 120 Å². The van der Waals surface area contributed by atoms with Crippen LogP contribution in [-0.2, 0) is 0 Å². The molecule has 0 aromatic carbocycles. The maximum absolute atomic E-state index is 3.74. The highest BCUT2D eigenvalue weighted by atomic mass is 15.2. The number of hydrogen-bond acceptors (Lipinski definition) is 2. The van der Waals surface area contributed by atoms with Crippen LogP contribution in [0.15, 0.2) is 0 Å². The Morgan fingerprint density at radius 3 is 2.53 bits per heavy atom. The van der Waals surface area contributed by atoms with Gasteiger partial charge in [0.05, 0.1) is 0 Å². The predicted molar refractivity (Wildman–Crippen MR) is 83.5 cm³/mol. The van der Waals surface area contributed by atoms with E-state index in [0.717, 1.165) is 5.92 Å². The fourth-order valence-corrected chi connectivity index (χ4v) is 3.99. The molecule has 2 fully saturated rings. The Morgan fingerprint density at radius 1 is 1.21 bits per heavy atom. The number of nitrogens with zero attached hydrogens (tertiary/aromatic N) is 1. The smallest absolute Gasteiger partial charge is 0.0198 e. The minimum absolute atomic E-state index is 0.590. The van der Waals surface area contributed by atoms with Crippen molar-refractivity contribution in [3.63, 3.8) is 0 Å². The minimum Gasteiger partial charge on any atom is -0.311 e. The standard InChI is InChI=1S/C17H34N2/c1-14(2)10-16-12-19(15(3)11-18-16)13-17(4)8-6-5-7-9-17/h14-16,18H,5-13H2,1-4H3. The number of hydrogen-bond donors (Lipinski definition) is 1. The molecule has 1 heterocycles. The van der Waals surface area contributed by atoms with Gasteiger partial charge >= 0.3 is 0 Å². The fraction of sp³-hybridized carbons (Fsp3) is 1.00. The van der Waals surface area contributed by atoms with E-state index in [0.29, 0.717) is 17.5 Å². The van der Waals surface area contributed by atoms with Crippen molar-refractivity contribution in [2.24, 2.45) is 11.3 Å². The van der Waals surface area contributed by atoms with Gasteiger partial charge < -0.3 is 5.32 Å². The van der Waals surface area contributed by atoms with Gasteiger partial charge in [0.25, 0.3) is 0 Å². The Hall–Kier alpha value is -0.0800. The second kappa shape index (κ2) is 6.58. The lowest BCUT2D eigenvalue weighted by molar-refractivity contribution is 0.0609. The van der Waals surface area contributed by atoms with Gasteiger partial charge in [-0.25, -0.2) is 0 Å². The quantitative estimate of drug-likeness (QED) is 0.835. The molecule has 1 aliphatic heterocycles. The molecule has 0 radical (unpaired) electrons. The van der Waals surface area contributed by atoms with E-state index in [1.54, 1.807) is 0 Å². The van der Waals surface area contributed by atoms with Crippen LogP contribution in [-0.4, -0.2) is 36.6 Å². The molecule has 1 N–H and O–H groups in total. The van der Waals surface area contributed by atoms with Crippen molar-refractivity contribution in [2.75, 3.05) is 19.6 Å². The van der Waals surface area contributed by atoms with E-state index in [2.05, 4.69) is 37.9 Å². The van der Waals surface area contributed by atoms with E-state index >= 15 is 0 Å². The van der Waals surface area contributed by atoms with Crippen molar-refractivity contribution in [3.05, 3.63) is 0 Å². The second-order valence-electron chi connectivity index (χ2n) is 7.88. The summed E-state index contributed by atoms with van der Waals surface area (Å²) >= 11 is 0. The van der Waals surface area contributed by atoms with E-state index in [4.69, 9.17) is 0 Å². The molecule has 112 valence electrons. The molecule has 2 heteroatoms. The van der Waals surface area contributed by atoms with Crippen molar-refractivity contribution in [1.29, 1.82) is 0 Å². The third-order valence-corrected chi connectivity index (χ3v) is 5.18. The van der Waals surface area contributed by atoms with Gasteiger partial charge in [0.2, 0.25) is 0 Å². The van der Waals surface area contributed by atoms with E-state index < -0.39 is 0 Å². The number of nitrogens with one attached hydrogen (secondary N) is 1. The summed E-state index contributed by atoms with van der Waals surface area (Å²) < 4.78 is 0. The molecule has 0 spiro atoms. The summed E-state index contributed by atoms with van der Waals surface area (Å²) in [5.74, 6) is 0.804. The van der Waals surface area contributed by atoms with Crippen LogP contribution in [0.5, 0.6) is 0 Å². The van der Waals surface area contributed by atoms with Gasteiger partial charge in [-0.2, -0.15) is 0 Å². The Balaban J connectivity index is 1.89. The first-order valence-corrected chi connectivity index (χ1v) is 8.46. The van der Waals surface area contributed by atoms with Crippen LogP contribution in [0.1, 0.15) is 66.2 Å². The van der Waals surface area contributed by atoms with E-state index in [-0.39, 0.29) is 0 Å². The highest BCUT2D eigenvalue weighted by molar-refractivity contribution is 4.89. The topological polar surface area (TPSA) is 15.3 Å². The van der Waals surface area contributed by atoms with E-state index in [9.17, 15) is 0 Å². The molecule has 1 saturated carbocycles. The van der Waals surface area contributed by atoms with Gasteiger partial charge in [-0.05, 0) is 37.5 Å². The lowest BCUT2D eigenvalue weighted by Gasteiger charge is -2.45. The molecular weight excluding hydrogens is 232 g/mol. The lowest BCUT2D eigenvalue weighted by Crippen LogP contribution is -2.57. The maximum atomic E-state index is 3.74. The molecule has 2 atom stereocenters. The SMILES string of the molecule is CC(C)CC1CN(CC2(C)CCCCC2)C(C)CN1. The number of piperazine rings is 1. The molecule has 0 bridgehead atoms. The zero-order chi connectivity index (χ0) is 13.9. The molecule has 0 amide bonds. The molecule has 1 saturated heterocycles. The first-order valence-electron chi connectivity index (χ1n) is 8.46. The predicted octanol–water partition coefficient (Wildman–Crippen LogP) is 3.67. The molecule has 0 aromatic heterocycles.